The highest BCUT2D eigenvalue weighted by atomic mass is 32.2. The molecule has 0 saturated heterocycles. The molecule has 24 heavy (non-hydrogen) atoms. The lowest BCUT2D eigenvalue weighted by Gasteiger charge is -2.17. The van der Waals surface area contributed by atoms with Gasteiger partial charge in [-0.1, -0.05) is 91.4 Å². The first-order valence-electron chi connectivity index (χ1n) is 10.6. The average molecular weight is 359 g/mol. The molecule has 0 aromatic carbocycles. The van der Waals surface area contributed by atoms with Gasteiger partial charge < -0.3 is 4.74 Å². The predicted octanol–water partition coefficient (Wildman–Crippen LogP) is 7.87. The van der Waals surface area contributed by atoms with Gasteiger partial charge in [-0.05, 0) is 36.7 Å². The number of hydrogen-bond donors (Lipinski definition) is 0. The summed E-state index contributed by atoms with van der Waals surface area (Å²) in [5.74, 6) is 1.35. The molecule has 0 heterocycles. The fraction of sp³-hybridized carbons (Fsp3) is 1.00. The maximum atomic E-state index is 5.72. The van der Waals surface area contributed by atoms with Crippen LogP contribution in [-0.4, -0.2) is 25.2 Å². The minimum absolute atomic E-state index is 0.411. The van der Waals surface area contributed by atoms with E-state index in [9.17, 15) is 0 Å². The van der Waals surface area contributed by atoms with Crippen molar-refractivity contribution in [2.75, 3.05) is 25.2 Å². The molecule has 0 spiro atoms. The van der Waals surface area contributed by atoms with E-state index < -0.39 is 0 Å². The molecule has 0 bridgehead atoms. The third-order valence-electron chi connectivity index (χ3n) is 4.63. The maximum absolute atomic E-state index is 5.72. The van der Waals surface area contributed by atoms with Crippen LogP contribution in [0.3, 0.4) is 0 Å². The van der Waals surface area contributed by atoms with E-state index >= 15 is 0 Å². The van der Waals surface area contributed by atoms with Crippen LogP contribution >= 0.6 is 11.8 Å². The second-order valence-corrected chi connectivity index (χ2v) is 9.50. The highest BCUT2D eigenvalue weighted by Crippen LogP contribution is 2.18. The van der Waals surface area contributed by atoms with Gasteiger partial charge in [-0.25, -0.2) is 0 Å². The van der Waals surface area contributed by atoms with E-state index in [0.29, 0.717) is 5.41 Å². The Hall–Kier alpha value is 0.310. The van der Waals surface area contributed by atoms with Gasteiger partial charge in [-0.3, -0.25) is 0 Å². The molecular weight excluding hydrogens is 312 g/mol. The van der Waals surface area contributed by atoms with E-state index in [1.807, 2.05) is 11.8 Å². The molecule has 146 valence electrons. The Labute approximate surface area is 158 Å². The number of ether oxygens (including phenoxy) is 1. The van der Waals surface area contributed by atoms with Crippen LogP contribution in [0.4, 0.5) is 0 Å². The molecule has 1 nitrogen and oxygen atoms in total. The fourth-order valence-electron chi connectivity index (χ4n) is 2.88. The lowest BCUT2D eigenvalue weighted by Crippen LogP contribution is -2.09. The maximum Gasteiger partial charge on any atom is 0.0471 e. The second-order valence-electron chi connectivity index (χ2n) is 8.51. The molecular formula is C22H46OS. The molecule has 0 saturated carbocycles. The molecule has 0 unspecified atom stereocenters. The van der Waals surface area contributed by atoms with Gasteiger partial charge in [0.1, 0.15) is 0 Å². The smallest absolute Gasteiger partial charge is 0.0471 e. The summed E-state index contributed by atoms with van der Waals surface area (Å²) >= 11 is 1.98. The van der Waals surface area contributed by atoms with Gasteiger partial charge in [0.2, 0.25) is 0 Å². The molecule has 0 atom stereocenters. The Morgan fingerprint density at radius 2 is 1.00 bits per heavy atom. The van der Waals surface area contributed by atoms with Gasteiger partial charge in [-0.2, -0.15) is 11.8 Å². The van der Waals surface area contributed by atoms with E-state index in [-0.39, 0.29) is 0 Å². The van der Waals surface area contributed by atoms with Gasteiger partial charge in [0.25, 0.3) is 0 Å². The first-order chi connectivity index (χ1) is 11.6. The van der Waals surface area contributed by atoms with Crippen LogP contribution in [0.15, 0.2) is 0 Å². The summed E-state index contributed by atoms with van der Waals surface area (Å²) in [6.45, 7) is 8.74. The van der Waals surface area contributed by atoms with Crippen LogP contribution in [0, 0.1) is 5.41 Å². The summed E-state index contributed by atoms with van der Waals surface area (Å²) in [7, 11) is 0. The SMILES string of the molecule is CSCCCCCCCCCCCCCCCOCCC(C)(C)C. The van der Waals surface area contributed by atoms with Crippen molar-refractivity contribution in [3.05, 3.63) is 0 Å². The summed E-state index contributed by atoms with van der Waals surface area (Å²) in [5.41, 5.74) is 0.411. The summed E-state index contributed by atoms with van der Waals surface area (Å²) in [6, 6.07) is 0. The fourth-order valence-corrected chi connectivity index (χ4v) is 3.37. The molecule has 0 fully saturated rings. The summed E-state index contributed by atoms with van der Waals surface area (Å²) in [6.07, 6.45) is 21.9. The third-order valence-corrected chi connectivity index (χ3v) is 5.33. The summed E-state index contributed by atoms with van der Waals surface area (Å²) in [5, 5.41) is 0. The van der Waals surface area contributed by atoms with Crippen LogP contribution in [0.5, 0.6) is 0 Å². The molecule has 0 aromatic rings. The Bertz CT molecular complexity index is 235. The Morgan fingerprint density at radius 1 is 0.583 bits per heavy atom. The van der Waals surface area contributed by atoms with E-state index in [4.69, 9.17) is 4.74 Å². The molecule has 0 aliphatic carbocycles. The van der Waals surface area contributed by atoms with E-state index in [1.165, 1.54) is 95.6 Å². The minimum Gasteiger partial charge on any atom is -0.381 e. The lowest BCUT2D eigenvalue weighted by atomic mass is 9.93. The van der Waals surface area contributed by atoms with Crippen molar-refractivity contribution in [1.82, 2.24) is 0 Å². The molecule has 0 aliphatic heterocycles. The number of rotatable bonds is 18. The van der Waals surface area contributed by atoms with Crippen molar-refractivity contribution in [2.24, 2.45) is 5.41 Å². The molecule has 0 aromatic heterocycles. The van der Waals surface area contributed by atoms with Crippen molar-refractivity contribution in [1.29, 1.82) is 0 Å². The molecule has 0 radical (unpaired) electrons. The lowest BCUT2D eigenvalue weighted by molar-refractivity contribution is 0.105. The zero-order chi connectivity index (χ0) is 17.9. The van der Waals surface area contributed by atoms with Crippen LogP contribution in [0.2, 0.25) is 0 Å². The van der Waals surface area contributed by atoms with Crippen molar-refractivity contribution < 1.29 is 4.74 Å². The monoisotopic (exact) mass is 358 g/mol. The second kappa shape index (κ2) is 18.1. The normalized spacial score (nSPS) is 12.0. The third kappa shape index (κ3) is 22.3. The first kappa shape index (κ1) is 24.3. The Morgan fingerprint density at radius 3 is 1.42 bits per heavy atom. The van der Waals surface area contributed by atoms with Crippen molar-refractivity contribution in [3.63, 3.8) is 0 Å². The molecule has 2 heteroatoms. The van der Waals surface area contributed by atoms with Gasteiger partial charge in [0, 0.05) is 13.2 Å². The van der Waals surface area contributed by atoms with Crippen LogP contribution in [0.1, 0.15) is 111 Å². The highest BCUT2D eigenvalue weighted by molar-refractivity contribution is 7.98. The van der Waals surface area contributed by atoms with Crippen LogP contribution in [0.25, 0.3) is 0 Å². The van der Waals surface area contributed by atoms with Gasteiger partial charge in [-0.15, -0.1) is 0 Å². The van der Waals surface area contributed by atoms with Gasteiger partial charge in [0.05, 0.1) is 0 Å². The highest BCUT2D eigenvalue weighted by Gasteiger charge is 2.08. The predicted molar refractivity (Wildman–Crippen MR) is 113 cm³/mol. The van der Waals surface area contributed by atoms with E-state index in [0.717, 1.165) is 13.2 Å². The largest absolute Gasteiger partial charge is 0.381 e. The van der Waals surface area contributed by atoms with Crippen molar-refractivity contribution in [3.8, 4) is 0 Å². The molecule has 0 amide bonds. The standard InChI is InChI=1S/C22H46OS/c1-22(2,3)18-20-23-19-16-14-12-10-8-6-5-7-9-11-13-15-17-21-24-4/h5-21H2,1-4H3. The topological polar surface area (TPSA) is 9.23 Å². The zero-order valence-corrected chi connectivity index (χ0v) is 18.2. The van der Waals surface area contributed by atoms with Gasteiger partial charge >= 0.3 is 0 Å². The molecule has 0 rings (SSSR count). The number of hydrogen-bond acceptors (Lipinski definition) is 2. The van der Waals surface area contributed by atoms with Crippen LogP contribution in [-0.2, 0) is 4.74 Å². The minimum atomic E-state index is 0.411. The quantitative estimate of drug-likeness (QED) is 0.230. The van der Waals surface area contributed by atoms with E-state index in [2.05, 4.69) is 27.0 Å². The summed E-state index contributed by atoms with van der Waals surface area (Å²) in [4.78, 5) is 0. The first-order valence-corrected chi connectivity index (χ1v) is 12.0. The number of unbranched alkanes of at least 4 members (excludes halogenated alkanes) is 12. The Balaban J connectivity index is 3.00. The van der Waals surface area contributed by atoms with Gasteiger partial charge in [0.15, 0.2) is 0 Å². The van der Waals surface area contributed by atoms with Crippen molar-refractivity contribution in [2.45, 2.75) is 111 Å². The molecule has 0 aliphatic rings. The zero-order valence-electron chi connectivity index (χ0n) is 17.3. The molecule has 0 N–H and O–H groups in total. The van der Waals surface area contributed by atoms with Crippen LogP contribution < -0.4 is 0 Å². The van der Waals surface area contributed by atoms with Crippen molar-refractivity contribution >= 4 is 11.8 Å². The average Bonchev–Trinajstić information content (AvgIpc) is 2.52. The Kier molecular flexibility index (Phi) is 18.3. The summed E-state index contributed by atoms with van der Waals surface area (Å²) < 4.78 is 5.72. The number of thioether (sulfide) groups is 1. The van der Waals surface area contributed by atoms with E-state index in [1.54, 1.807) is 0 Å².